The molecule has 0 spiro atoms. The third-order valence-electron chi connectivity index (χ3n) is 4.00. The molecule has 1 aliphatic heterocycles. The number of benzene rings is 1. The van der Waals surface area contributed by atoms with Crippen molar-refractivity contribution in [2.24, 2.45) is 5.92 Å². The average Bonchev–Trinajstić information content (AvgIpc) is 3.23. The van der Waals surface area contributed by atoms with E-state index in [4.69, 9.17) is 9.84 Å². The molecule has 1 amide bonds. The minimum absolute atomic E-state index is 0.212. The molecule has 6 nitrogen and oxygen atoms in total. The summed E-state index contributed by atoms with van der Waals surface area (Å²) in [6.07, 6.45) is 0.483. The van der Waals surface area contributed by atoms with E-state index in [0.717, 1.165) is 15.4 Å². The molecule has 0 radical (unpaired) electrons. The van der Waals surface area contributed by atoms with Gasteiger partial charge in [0.1, 0.15) is 10.7 Å². The number of aliphatic carboxylic acids is 1. The lowest BCUT2D eigenvalue weighted by molar-refractivity contribution is -0.141. The summed E-state index contributed by atoms with van der Waals surface area (Å²) >= 11 is 1.43. The van der Waals surface area contributed by atoms with Crippen molar-refractivity contribution in [3.63, 3.8) is 0 Å². The number of carbonyl (C=O) groups is 2. The van der Waals surface area contributed by atoms with Crippen LogP contribution in [0.3, 0.4) is 0 Å². The summed E-state index contributed by atoms with van der Waals surface area (Å²) in [4.78, 5) is 30.8. The Morgan fingerprint density at radius 1 is 1.38 bits per heavy atom. The minimum Gasteiger partial charge on any atom is -0.481 e. The molecule has 126 valence electrons. The number of hydrogen-bond donors (Lipinski definition) is 1. The summed E-state index contributed by atoms with van der Waals surface area (Å²) in [6.45, 7) is 1.02. The molecule has 1 atom stereocenters. The number of amides is 1. The first kappa shape index (κ1) is 16.6. The summed E-state index contributed by atoms with van der Waals surface area (Å²) in [5, 5.41) is 9.85. The monoisotopic (exact) mass is 346 g/mol. The van der Waals surface area contributed by atoms with Crippen LogP contribution in [-0.2, 0) is 16.1 Å². The predicted octanol–water partition coefficient (Wildman–Crippen LogP) is 2.50. The molecule has 3 rings (SSSR count). The first-order valence-electron chi connectivity index (χ1n) is 7.66. The number of carboxylic acids is 1. The van der Waals surface area contributed by atoms with E-state index in [0.29, 0.717) is 25.3 Å². The van der Waals surface area contributed by atoms with Crippen LogP contribution in [0.1, 0.15) is 21.9 Å². The maximum atomic E-state index is 12.9. The Morgan fingerprint density at radius 2 is 2.12 bits per heavy atom. The smallest absolute Gasteiger partial charge is 0.308 e. The number of nitrogens with zero attached hydrogens (tertiary/aromatic N) is 2. The third-order valence-corrected chi connectivity index (χ3v) is 5.08. The van der Waals surface area contributed by atoms with Crippen molar-refractivity contribution in [3.8, 4) is 10.4 Å². The van der Waals surface area contributed by atoms with Crippen LogP contribution >= 0.6 is 11.3 Å². The maximum Gasteiger partial charge on any atom is 0.308 e. The molecule has 0 saturated carbocycles. The van der Waals surface area contributed by atoms with Gasteiger partial charge in [-0.15, -0.1) is 11.3 Å². The van der Waals surface area contributed by atoms with Crippen LogP contribution in [0.15, 0.2) is 30.3 Å². The molecule has 1 aromatic carbocycles. The van der Waals surface area contributed by atoms with Crippen LogP contribution in [0.5, 0.6) is 0 Å². The molecule has 7 heteroatoms. The summed E-state index contributed by atoms with van der Waals surface area (Å²) < 4.78 is 5.13. The average molecular weight is 346 g/mol. The van der Waals surface area contributed by atoms with Gasteiger partial charge in [-0.3, -0.25) is 9.59 Å². The van der Waals surface area contributed by atoms with Gasteiger partial charge in [0.15, 0.2) is 0 Å². The highest BCUT2D eigenvalue weighted by Crippen LogP contribution is 2.32. The van der Waals surface area contributed by atoms with E-state index < -0.39 is 11.9 Å². The minimum atomic E-state index is -0.855. The van der Waals surface area contributed by atoms with Crippen LogP contribution < -0.4 is 0 Å². The van der Waals surface area contributed by atoms with Crippen molar-refractivity contribution in [1.82, 2.24) is 9.88 Å². The molecule has 24 heavy (non-hydrogen) atoms. The van der Waals surface area contributed by atoms with Gasteiger partial charge >= 0.3 is 5.97 Å². The molecule has 0 aliphatic carbocycles. The maximum absolute atomic E-state index is 12.9. The zero-order chi connectivity index (χ0) is 17.1. The topological polar surface area (TPSA) is 79.7 Å². The standard InChI is InChI=1S/C17H18N2O4S/c1-23-10-13-18-14(15(24-13)11-5-3-2-4-6-11)16(20)19-8-7-12(9-19)17(21)22/h2-6,12H,7-10H2,1H3,(H,21,22). The Balaban J connectivity index is 1.92. The predicted molar refractivity (Wildman–Crippen MR) is 89.9 cm³/mol. The Bertz CT molecular complexity index is 744. The van der Waals surface area contributed by atoms with Gasteiger partial charge in [0.05, 0.1) is 17.4 Å². The number of carboxylic acid groups (broad SMARTS) is 1. The van der Waals surface area contributed by atoms with Crippen LogP contribution in [-0.4, -0.2) is 47.1 Å². The SMILES string of the molecule is COCc1nc(C(=O)N2CCC(C(=O)O)C2)c(-c2ccccc2)s1. The Hall–Kier alpha value is -2.25. The van der Waals surface area contributed by atoms with Crippen molar-refractivity contribution in [3.05, 3.63) is 41.0 Å². The summed E-state index contributed by atoms with van der Waals surface area (Å²) in [5.74, 6) is -1.56. The van der Waals surface area contributed by atoms with E-state index in [9.17, 15) is 9.59 Å². The number of aromatic nitrogens is 1. The van der Waals surface area contributed by atoms with E-state index >= 15 is 0 Å². The Morgan fingerprint density at radius 3 is 2.75 bits per heavy atom. The number of rotatable bonds is 5. The van der Waals surface area contributed by atoms with Crippen molar-refractivity contribution in [2.45, 2.75) is 13.0 Å². The lowest BCUT2D eigenvalue weighted by Gasteiger charge is -2.15. The summed E-state index contributed by atoms with van der Waals surface area (Å²) in [6, 6.07) is 9.61. The van der Waals surface area contributed by atoms with E-state index in [-0.39, 0.29) is 12.5 Å². The summed E-state index contributed by atoms with van der Waals surface area (Å²) in [5.41, 5.74) is 1.30. The summed E-state index contributed by atoms with van der Waals surface area (Å²) in [7, 11) is 1.59. The van der Waals surface area contributed by atoms with E-state index in [2.05, 4.69) is 4.98 Å². The second kappa shape index (κ2) is 7.11. The largest absolute Gasteiger partial charge is 0.481 e. The van der Waals surface area contributed by atoms with Gasteiger partial charge < -0.3 is 14.7 Å². The molecule has 2 aromatic rings. The number of ether oxygens (including phenoxy) is 1. The van der Waals surface area contributed by atoms with Crippen LogP contribution in [0.25, 0.3) is 10.4 Å². The molecule has 2 heterocycles. The van der Waals surface area contributed by atoms with Gasteiger partial charge in [-0.1, -0.05) is 30.3 Å². The van der Waals surface area contributed by atoms with Crippen molar-refractivity contribution in [2.75, 3.05) is 20.2 Å². The Labute approximate surface area is 143 Å². The number of hydrogen-bond acceptors (Lipinski definition) is 5. The third kappa shape index (κ3) is 3.32. The fraction of sp³-hybridized carbons (Fsp3) is 0.353. The highest BCUT2D eigenvalue weighted by atomic mass is 32.1. The molecule has 1 saturated heterocycles. The number of methoxy groups -OCH3 is 1. The van der Waals surface area contributed by atoms with Crippen molar-refractivity contribution >= 4 is 23.2 Å². The highest BCUT2D eigenvalue weighted by Gasteiger charge is 2.33. The first-order valence-corrected chi connectivity index (χ1v) is 8.48. The number of thiazole rings is 1. The lowest BCUT2D eigenvalue weighted by atomic mass is 10.1. The van der Waals surface area contributed by atoms with Crippen LogP contribution in [0.2, 0.25) is 0 Å². The zero-order valence-corrected chi connectivity index (χ0v) is 14.1. The van der Waals surface area contributed by atoms with Crippen LogP contribution in [0, 0.1) is 5.92 Å². The lowest BCUT2D eigenvalue weighted by Crippen LogP contribution is -2.30. The van der Waals surface area contributed by atoms with Gasteiger partial charge in [-0.2, -0.15) is 0 Å². The first-order chi connectivity index (χ1) is 11.6. The number of likely N-dealkylation sites (tertiary alicyclic amines) is 1. The molecular formula is C17H18N2O4S. The van der Waals surface area contributed by atoms with Gasteiger partial charge in [0.25, 0.3) is 5.91 Å². The van der Waals surface area contributed by atoms with Gasteiger partial charge in [0, 0.05) is 20.2 Å². The Kier molecular flexibility index (Phi) is 4.92. The second-order valence-corrected chi connectivity index (χ2v) is 6.74. The molecule has 1 unspecified atom stereocenters. The van der Waals surface area contributed by atoms with Crippen LogP contribution in [0.4, 0.5) is 0 Å². The molecule has 1 N–H and O–H groups in total. The van der Waals surface area contributed by atoms with Crippen molar-refractivity contribution in [1.29, 1.82) is 0 Å². The second-order valence-electron chi connectivity index (χ2n) is 5.66. The molecule has 0 bridgehead atoms. The van der Waals surface area contributed by atoms with E-state index in [1.54, 1.807) is 12.0 Å². The molecular weight excluding hydrogens is 328 g/mol. The fourth-order valence-electron chi connectivity index (χ4n) is 2.78. The fourth-order valence-corrected chi connectivity index (χ4v) is 3.81. The van der Waals surface area contributed by atoms with Gasteiger partial charge in [-0.25, -0.2) is 4.98 Å². The van der Waals surface area contributed by atoms with E-state index in [1.807, 2.05) is 30.3 Å². The van der Waals surface area contributed by atoms with Gasteiger partial charge in [0.2, 0.25) is 0 Å². The van der Waals surface area contributed by atoms with E-state index in [1.165, 1.54) is 11.3 Å². The van der Waals surface area contributed by atoms with Crippen molar-refractivity contribution < 1.29 is 19.4 Å². The normalized spacial score (nSPS) is 17.2. The molecule has 1 fully saturated rings. The molecule has 1 aliphatic rings. The quantitative estimate of drug-likeness (QED) is 0.900. The molecule has 1 aromatic heterocycles. The number of carbonyl (C=O) groups excluding carboxylic acids is 1. The highest BCUT2D eigenvalue weighted by molar-refractivity contribution is 7.15. The zero-order valence-electron chi connectivity index (χ0n) is 13.3. The van der Waals surface area contributed by atoms with Gasteiger partial charge in [-0.05, 0) is 12.0 Å².